The lowest BCUT2D eigenvalue weighted by molar-refractivity contribution is -0.135. The van der Waals surface area contributed by atoms with Gasteiger partial charge < -0.3 is 19.9 Å². The molecule has 61 heavy (non-hydrogen) atoms. The Morgan fingerprint density at radius 3 is 2.59 bits per heavy atom. The molecule has 3 saturated heterocycles. The number of alkyl halides is 2. The van der Waals surface area contributed by atoms with Crippen LogP contribution in [0.1, 0.15) is 91.2 Å². The van der Waals surface area contributed by atoms with E-state index in [1.807, 2.05) is 31.3 Å². The van der Waals surface area contributed by atoms with Crippen LogP contribution in [0, 0.1) is 12.8 Å². The lowest BCUT2D eigenvalue weighted by atomic mass is 9.86. The van der Waals surface area contributed by atoms with Gasteiger partial charge in [0.25, 0.3) is 18.2 Å². The van der Waals surface area contributed by atoms with Crippen molar-refractivity contribution in [3.63, 3.8) is 0 Å². The number of piperidine rings is 1. The molecule has 0 unspecified atom stereocenters. The molecule has 1 aromatic carbocycles. The minimum Gasteiger partial charge on any atom is -0.378 e. The quantitative estimate of drug-likeness (QED) is 0.175. The van der Waals surface area contributed by atoms with Crippen molar-refractivity contribution in [1.82, 2.24) is 54.2 Å². The number of nitrogens with zero attached hydrogens (tertiary/aromatic N) is 11. The first-order chi connectivity index (χ1) is 29.7. The zero-order chi connectivity index (χ0) is 41.8. The zero-order valence-electron chi connectivity index (χ0n) is 33.8. The molecule has 0 radical (unpaired) electrons. The summed E-state index contributed by atoms with van der Waals surface area (Å²) in [5.41, 5.74) is 3.71. The number of halogens is 2. The van der Waals surface area contributed by atoms with Crippen molar-refractivity contribution in [3.05, 3.63) is 72.2 Å². The van der Waals surface area contributed by atoms with Gasteiger partial charge in [-0.05, 0) is 69.1 Å². The van der Waals surface area contributed by atoms with Gasteiger partial charge >= 0.3 is 0 Å². The van der Waals surface area contributed by atoms with E-state index < -0.39 is 24.1 Å². The second-order valence-corrected chi connectivity index (χ2v) is 16.7. The molecule has 6 aromatic rings. The largest absolute Gasteiger partial charge is 0.378 e. The van der Waals surface area contributed by atoms with Gasteiger partial charge in [-0.25, -0.2) is 18.3 Å². The first kappa shape index (κ1) is 39.1. The van der Waals surface area contributed by atoms with Gasteiger partial charge in [-0.2, -0.15) is 20.4 Å². The molecule has 1 saturated carbocycles. The van der Waals surface area contributed by atoms with E-state index >= 15 is 0 Å². The lowest BCUT2D eigenvalue weighted by Gasteiger charge is -2.31. The van der Waals surface area contributed by atoms with Crippen LogP contribution in [0.2, 0.25) is 0 Å². The average Bonchev–Trinajstić information content (AvgIpc) is 4.12. The molecule has 1 aliphatic carbocycles. The molecule has 17 nitrogen and oxygen atoms in total. The van der Waals surface area contributed by atoms with Crippen molar-refractivity contribution in [1.29, 1.82) is 0 Å². The summed E-state index contributed by atoms with van der Waals surface area (Å²) in [7, 11) is 0. The van der Waals surface area contributed by atoms with Crippen molar-refractivity contribution in [2.24, 2.45) is 5.92 Å². The highest BCUT2D eigenvalue weighted by atomic mass is 19.3. The molecular formula is C42H47F2N13O4. The molecule has 5 aromatic heterocycles. The number of likely N-dealkylation sites (tertiary alicyclic amines) is 1. The number of nitrogens with one attached hydrogen (secondary N) is 2. The Labute approximate surface area is 349 Å². The number of ether oxygens (including phenoxy) is 1. The number of amides is 3. The summed E-state index contributed by atoms with van der Waals surface area (Å²) < 4.78 is 41.0. The van der Waals surface area contributed by atoms with Crippen LogP contribution in [-0.4, -0.2) is 112 Å². The summed E-state index contributed by atoms with van der Waals surface area (Å²) in [4.78, 5) is 47.2. The SMILES string of the molecule is Cc1nn([C@@H]2CCC(=O)NC2=O)c2cccc(-c3cnn([C@@H]4CCN(CC5CCC(n6cc(NC(=O)c7cnn8ccc(N9CCOCC9)nc78)c(C(F)F)n6)CC5)C4)c3)c12. The molecule has 318 valence electrons. The van der Waals surface area contributed by atoms with Crippen molar-refractivity contribution in [2.45, 2.75) is 76.4 Å². The lowest BCUT2D eigenvalue weighted by Crippen LogP contribution is -2.42. The topological polar surface area (TPSA) is 175 Å². The van der Waals surface area contributed by atoms with E-state index in [9.17, 15) is 23.2 Å². The van der Waals surface area contributed by atoms with Gasteiger partial charge in [0.15, 0.2) is 11.3 Å². The minimum atomic E-state index is -2.86. The van der Waals surface area contributed by atoms with E-state index in [1.54, 1.807) is 15.6 Å². The Morgan fingerprint density at radius 1 is 0.951 bits per heavy atom. The summed E-state index contributed by atoms with van der Waals surface area (Å²) in [5.74, 6) is 0.0110. The zero-order valence-corrected chi connectivity index (χ0v) is 33.8. The number of anilines is 2. The predicted octanol–water partition coefficient (Wildman–Crippen LogP) is 5.13. The highest BCUT2D eigenvalue weighted by molar-refractivity contribution is 6.08. The number of aromatic nitrogens is 9. The van der Waals surface area contributed by atoms with Gasteiger partial charge in [-0.1, -0.05) is 12.1 Å². The Bertz CT molecular complexity index is 2620. The molecule has 19 heteroatoms. The van der Waals surface area contributed by atoms with E-state index in [2.05, 4.69) is 52.6 Å². The van der Waals surface area contributed by atoms with Crippen LogP contribution in [-0.2, 0) is 14.3 Å². The highest BCUT2D eigenvalue weighted by Crippen LogP contribution is 2.38. The smallest absolute Gasteiger partial charge is 0.284 e. The number of aryl methyl sites for hydroxylation is 1. The fourth-order valence-electron chi connectivity index (χ4n) is 9.63. The van der Waals surface area contributed by atoms with Gasteiger partial charge in [-0.15, -0.1) is 0 Å². The number of hydrogen-bond donors (Lipinski definition) is 2. The van der Waals surface area contributed by atoms with Crippen molar-refractivity contribution < 1.29 is 27.9 Å². The number of fused-ring (bicyclic) bond motifs is 2. The molecule has 2 N–H and O–H groups in total. The molecule has 0 bridgehead atoms. The van der Waals surface area contributed by atoms with Crippen molar-refractivity contribution >= 4 is 45.8 Å². The average molecular weight is 836 g/mol. The van der Waals surface area contributed by atoms with Crippen LogP contribution >= 0.6 is 0 Å². The van der Waals surface area contributed by atoms with Gasteiger partial charge in [-0.3, -0.25) is 33.7 Å². The maximum absolute atomic E-state index is 14.3. The number of carbonyl (C=O) groups excluding carboxylic acids is 3. The second kappa shape index (κ2) is 16.1. The predicted molar refractivity (Wildman–Crippen MR) is 219 cm³/mol. The minimum absolute atomic E-state index is 0.00944. The number of hydrogen-bond acceptors (Lipinski definition) is 11. The number of benzene rings is 1. The molecule has 8 heterocycles. The van der Waals surface area contributed by atoms with E-state index in [0.717, 1.165) is 79.5 Å². The van der Waals surface area contributed by atoms with Crippen molar-refractivity contribution in [3.8, 4) is 11.1 Å². The first-order valence-electron chi connectivity index (χ1n) is 21.1. The molecule has 4 aliphatic rings. The number of imide groups is 1. The molecule has 3 aliphatic heterocycles. The van der Waals surface area contributed by atoms with E-state index in [0.29, 0.717) is 50.1 Å². The van der Waals surface area contributed by atoms with Gasteiger partial charge in [0.2, 0.25) is 5.91 Å². The number of carbonyl (C=O) groups is 3. The Balaban J connectivity index is 0.756. The van der Waals surface area contributed by atoms with Crippen molar-refractivity contribution in [2.75, 3.05) is 56.2 Å². The Kier molecular flexibility index (Phi) is 10.3. The van der Waals surface area contributed by atoms with Gasteiger partial charge in [0, 0.05) is 68.7 Å². The van der Waals surface area contributed by atoms with E-state index in [1.165, 1.54) is 16.9 Å². The third kappa shape index (κ3) is 7.53. The van der Waals surface area contributed by atoms with Gasteiger partial charge in [0.1, 0.15) is 17.4 Å². The Morgan fingerprint density at radius 2 is 1.79 bits per heavy atom. The molecule has 2 atom stereocenters. The maximum Gasteiger partial charge on any atom is 0.284 e. The third-order valence-corrected chi connectivity index (χ3v) is 12.8. The number of rotatable bonds is 10. The van der Waals surface area contributed by atoms with Crippen LogP contribution in [0.5, 0.6) is 0 Å². The molecule has 0 spiro atoms. The summed E-state index contributed by atoms with van der Waals surface area (Å²) in [6.45, 7) is 7.27. The molecular weight excluding hydrogens is 789 g/mol. The molecule has 4 fully saturated rings. The summed E-state index contributed by atoms with van der Waals surface area (Å²) in [6, 6.07) is 7.46. The first-order valence-corrected chi connectivity index (χ1v) is 21.1. The number of morpholine rings is 1. The van der Waals surface area contributed by atoms with Crippen LogP contribution in [0.15, 0.2) is 55.2 Å². The van der Waals surface area contributed by atoms with Crippen LogP contribution in [0.4, 0.5) is 20.3 Å². The molecule has 10 rings (SSSR count). The summed E-state index contributed by atoms with van der Waals surface area (Å²) in [6.07, 6.45) is 11.0. The van der Waals surface area contributed by atoms with E-state index in [-0.39, 0.29) is 41.6 Å². The normalized spacial score (nSPS) is 22.8. The van der Waals surface area contributed by atoms with Crippen LogP contribution in [0.3, 0.4) is 0 Å². The highest BCUT2D eigenvalue weighted by Gasteiger charge is 2.33. The summed E-state index contributed by atoms with van der Waals surface area (Å²) >= 11 is 0. The fraction of sp³-hybridized carbons (Fsp3) is 0.476. The van der Waals surface area contributed by atoms with Crippen LogP contribution < -0.4 is 15.5 Å². The second-order valence-electron chi connectivity index (χ2n) is 16.7. The van der Waals surface area contributed by atoms with Crippen LogP contribution in [0.25, 0.3) is 27.7 Å². The summed E-state index contributed by atoms with van der Waals surface area (Å²) in [5, 5.41) is 24.2. The van der Waals surface area contributed by atoms with Gasteiger partial charge in [0.05, 0.1) is 54.6 Å². The van der Waals surface area contributed by atoms with E-state index in [4.69, 9.17) is 14.9 Å². The fourth-order valence-corrected chi connectivity index (χ4v) is 9.63. The third-order valence-electron chi connectivity index (χ3n) is 12.8. The Hall–Kier alpha value is -6.08. The maximum atomic E-state index is 14.3. The standard InChI is InChI=1S/C42H47F2N13O4/c1-25-37-30(3-2-4-33(37)57(50-25)34-9-10-36(58)49-42(34)60)27-19-45-55(22-27)29-11-13-52(23-29)21-26-5-7-28(8-6-26)56-24-32(38(51-56)39(43)44)47-41(59)31-20-46-54-14-12-35(48-40(31)54)53-15-17-61-18-16-53/h2-4,12,14,19-20,22,24,26,28-29,34,39H,5-11,13,15-18,21,23H2,1H3,(H,47,59)(H,49,58,60)/t26?,28?,29-,34-/m1/s1. The molecule has 3 amide bonds. The monoisotopic (exact) mass is 835 g/mol.